The SMILES string of the molecule is CC1=NCC(C)([C@H](CC(=O)NC[C@H](Cc2ccc3[nH]ncc3c2)N(C)C)C2(C(F)(F)F)CC2)C=C1. The number of carbonyl (C=O) groups is 1. The zero-order chi connectivity index (χ0) is 25.4. The molecule has 2 N–H and O–H groups in total. The van der Waals surface area contributed by atoms with E-state index in [0.717, 1.165) is 22.2 Å². The summed E-state index contributed by atoms with van der Waals surface area (Å²) in [5.74, 6) is -1.20. The Balaban J connectivity index is 1.45. The summed E-state index contributed by atoms with van der Waals surface area (Å²) < 4.78 is 42.4. The van der Waals surface area contributed by atoms with Gasteiger partial charge in [-0.3, -0.25) is 14.9 Å². The molecule has 1 unspecified atom stereocenters. The van der Waals surface area contributed by atoms with Gasteiger partial charge in [0.05, 0.1) is 17.1 Å². The van der Waals surface area contributed by atoms with Gasteiger partial charge in [-0.25, -0.2) is 0 Å². The predicted octanol–water partition coefficient (Wildman–Crippen LogP) is 4.54. The first-order valence-electron chi connectivity index (χ1n) is 12.1. The van der Waals surface area contributed by atoms with Crippen LogP contribution >= 0.6 is 0 Å². The lowest BCUT2D eigenvalue weighted by molar-refractivity contribution is -0.212. The first-order chi connectivity index (χ1) is 16.4. The summed E-state index contributed by atoms with van der Waals surface area (Å²) in [6, 6.07) is 6.05. The molecule has 1 saturated carbocycles. The molecule has 35 heavy (non-hydrogen) atoms. The molecule has 1 aromatic carbocycles. The number of fused-ring (bicyclic) bond motifs is 1. The van der Waals surface area contributed by atoms with Crippen molar-refractivity contribution < 1.29 is 18.0 Å². The number of alkyl halides is 3. The Morgan fingerprint density at radius 2 is 2.03 bits per heavy atom. The average Bonchev–Trinajstić information content (AvgIpc) is 3.48. The maximum Gasteiger partial charge on any atom is 0.394 e. The van der Waals surface area contributed by atoms with E-state index in [1.54, 1.807) is 19.2 Å². The minimum absolute atomic E-state index is 0.00309. The molecule has 1 amide bonds. The van der Waals surface area contributed by atoms with Crippen molar-refractivity contribution >= 4 is 22.5 Å². The number of hydrogen-bond acceptors (Lipinski definition) is 4. The molecule has 1 aliphatic heterocycles. The third kappa shape index (κ3) is 5.29. The van der Waals surface area contributed by atoms with Gasteiger partial charge in [-0.15, -0.1) is 0 Å². The molecule has 4 rings (SSSR count). The van der Waals surface area contributed by atoms with Gasteiger partial charge in [0.1, 0.15) is 0 Å². The molecule has 0 saturated heterocycles. The Kier molecular flexibility index (Phi) is 6.83. The predicted molar refractivity (Wildman–Crippen MR) is 131 cm³/mol. The van der Waals surface area contributed by atoms with Crippen LogP contribution in [0.2, 0.25) is 0 Å². The fraction of sp³-hybridized carbons (Fsp3) is 0.577. The monoisotopic (exact) mass is 489 g/mol. The number of halogens is 3. The standard InChI is InChI=1S/C26H34F3N5O/c1-17-7-8-24(2,16-31-17)22(25(9-10-25)26(27,28)29)13-23(35)30-15-20(34(3)4)12-18-5-6-21-19(11-18)14-32-33-21/h5-8,11,14,20,22H,9-10,12-13,15-16H2,1-4H3,(H,30,35)(H,32,33)/t20-,22-,24?/m0/s1. The molecule has 9 heteroatoms. The lowest BCUT2D eigenvalue weighted by Gasteiger charge is -2.41. The molecule has 0 bridgehead atoms. The summed E-state index contributed by atoms with van der Waals surface area (Å²) in [5, 5.41) is 10.9. The number of likely N-dealkylation sites (N-methyl/N-ethyl adjacent to an activating group) is 1. The van der Waals surface area contributed by atoms with Gasteiger partial charge in [-0.2, -0.15) is 18.3 Å². The number of nitrogens with zero attached hydrogens (tertiary/aromatic N) is 3. The average molecular weight is 490 g/mol. The Labute approximate surface area is 204 Å². The minimum Gasteiger partial charge on any atom is -0.355 e. The number of H-pyrrole nitrogens is 1. The first kappa shape index (κ1) is 25.4. The molecular formula is C26H34F3N5O. The van der Waals surface area contributed by atoms with Crippen molar-refractivity contribution in [2.75, 3.05) is 27.2 Å². The molecule has 1 aromatic heterocycles. The number of nitrogens with one attached hydrogen (secondary N) is 2. The molecular weight excluding hydrogens is 455 g/mol. The topological polar surface area (TPSA) is 73.4 Å². The van der Waals surface area contributed by atoms with E-state index in [-0.39, 0.29) is 37.8 Å². The minimum atomic E-state index is -4.34. The number of dihydropyridines is 1. The van der Waals surface area contributed by atoms with Crippen molar-refractivity contribution in [1.29, 1.82) is 0 Å². The highest BCUT2D eigenvalue weighted by molar-refractivity contribution is 5.93. The second-order valence-corrected chi connectivity index (χ2v) is 10.6. The number of allylic oxidation sites excluding steroid dienone is 1. The Hall–Kier alpha value is -2.68. The summed E-state index contributed by atoms with van der Waals surface area (Å²) in [6.07, 6.45) is 1.69. The number of carbonyl (C=O) groups excluding carboxylic acids is 1. The van der Waals surface area contributed by atoms with Gasteiger partial charge in [-0.1, -0.05) is 19.1 Å². The maximum atomic E-state index is 14.1. The van der Waals surface area contributed by atoms with E-state index in [0.29, 0.717) is 13.0 Å². The summed E-state index contributed by atoms with van der Waals surface area (Å²) in [5.41, 5.74) is 0.226. The van der Waals surface area contributed by atoms with Crippen molar-refractivity contribution in [2.24, 2.45) is 21.7 Å². The largest absolute Gasteiger partial charge is 0.394 e. The summed E-state index contributed by atoms with van der Waals surface area (Å²) in [6.45, 7) is 4.25. The molecule has 0 spiro atoms. The fourth-order valence-corrected chi connectivity index (χ4v) is 5.28. The van der Waals surface area contributed by atoms with Crippen LogP contribution in [0.4, 0.5) is 13.2 Å². The molecule has 2 aliphatic rings. The lowest BCUT2D eigenvalue weighted by atomic mass is 9.65. The summed E-state index contributed by atoms with van der Waals surface area (Å²) in [4.78, 5) is 19.5. The van der Waals surface area contributed by atoms with E-state index in [1.165, 1.54) is 0 Å². The molecule has 2 heterocycles. The molecule has 6 nitrogen and oxygen atoms in total. The smallest absolute Gasteiger partial charge is 0.355 e. The molecule has 2 aromatic rings. The van der Waals surface area contributed by atoms with Crippen molar-refractivity contribution in [2.45, 2.75) is 51.7 Å². The molecule has 0 radical (unpaired) electrons. The normalized spacial score (nSPS) is 23.3. The first-order valence-corrected chi connectivity index (χ1v) is 12.1. The van der Waals surface area contributed by atoms with Crippen LogP contribution in [-0.2, 0) is 11.2 Å². The van der Waals surface area contributed by atoms with Crippen molar-refractivity contribution in [3.05, 3.63) is 42.1 Å². The van der Waals surface area contributed by atoms with Gasteiger partial charge >= 0.3 is 6.18 Å². The number of rotatable bonds is 9. The van der Waals surface area contributed by atoms with E-state index in [2.05, 4.69) is 26.6 Å². The number of aromatic nitrogens is 2. The van der Waals surface area contributed by atoms with Crippen LogP contribution in [0.3, 0.4) is 0 Å². The van der Waals surface area contributed by atoms with Crippen LogP contribution in [0.15, 0.2) is 41.5 Å². The van der Waals surface area contributed by atoms with E-state index in [1.807, 2.05) is 44.1 Å². The van der Waals surface area contributed by atoms with E-state index in [9.17, 15) is 18.0 Å². The van der Waals surface area contributed by atoms with Crippen LogP contribution in [0.25, 0.3) is 10.9 Å². The Bertz CT molecular complexity index is 1130. The second kappa shape index (κ2) is 9.41. The van der Waals surface area contributed by atoms with Gasteiger partial charge in [0.25, 0.3) is 0 Å². The molecule has 3 atom stereocenters. The lowest BCUT2D eigenvalue weighted by Crippen LogP contribution is -2.47. The van der Waals surface area contributed by atoms with E-state index < -0.39 is 22.9 Å². The third-order valence-electron chi connectivity index (χ3n) is 7.82. The Morgan fingerprint density at radius 3 is 2.63 bits per heavy atom. The third-order valence-corrected chi connectivity index (χ3v) is 7.82. The number of benzene rings is 1. The zero-order valence-electron chi connectivity index (χ0n) is 20.7. The van der Waals surface area contributed by atoms with Crippen LogP contribution in [0.1, 0.15) is 38.7 Å². The second-order valence-electron chi connectivity index (χ2n) is 10.6. The summed E-state index contributed by atoms with van der Waals surface area (Å²) in [7, 11) is 3.88. The van der Waals surface area contributed by atoms with Gasteiger partial charge in [-0.05, 0) is 70.0 Å². The van der Waals surface area contributed by atoms with E-state index in [4.69, 9.17) is 0 Å². The number of aliphatic imine (C=N–C) groups is 1. The quantitative estimate of drug-likeness (QED) is 0.543. The highest BCUT2D eigenvalue weighted by Crippen LogP contribution is 2.67. The van der Waals surface area contributed by atoms with Gasteiger partial charge in [0.2, 0.25) is 5.91 Å². The van der Waals surface area contributed by atoms with Crippen LogP contribution < -0.4 is 5.32 Å². The number of hydrogen-bond donors (Lipinski definition) is 2. The van der Waals surface area contributed by atoms with Gasteiger partial charge < -0.3 is 10.2 Å². The highest BCUT2D eigenvalue weighted by atomic mass is 19.4. The number of amides is 1. The zero-order valence-corrected chi connectivity index (χ0v) is 20.7. The number of aromatic amines is 1. The van der Waals surface area contributed by atoms with Gasteiger partial charge in [0, 0.05) is 42.1 Å². The maximum absolute atomic E-state index is 14.1. The van der Waals surface area contributed by atoms with Crippen LogP contribution in [-0.4, -0.2) is 66.1 Å². The molecule has 1 aliphatic carbocycles. The van der Waals surface area contributed by atoms with Gasteiger partial charge in [0.15, 0.2) is 0 Å². The van der Waals surface area contributed by atoms with Crippen LogP contribution in [0, 0.1) is 16.7 Å². The summed E-state index contributed by atoms with van der Waals surface area (Å²) >= 11 is 0. The van der Waals surface area contributed by atoms with Crippen molar-refractivity contribution in [1.82, 2.24) is 20.4 Å². The molecule has 190 valence electrons. The molecule has 1 fully saturated rings. The van der Waals surface area contributed by atoms with Crippen LogP contribution in [0.5, 0.6) is 0 Å². The van der Waals surface area contributed by atoms with E-state index >= 15 is 0 Å². The Morgan fingerprint density at radius 1 is 1.29 bits per heavy atom. The fourth-order valence-electron chi connectivity index (χ4n) is 5.28. The van der Waals surface area contributed by atoms with Crippen molar-refractivity contribution in [3.8, 4) is 0 Å². The van der Waals surface area contributed by atoms with Crippen molar-refractivity contribution in [3.63, 3.8) is 0 Å². The highest BCUT2D eigenvalue weighted by Gasteiger charge is 2.69.